The number of benzene rings is 1. The van der Waals surface area contributed by atoms with Crippen LogP contribution >= 0.6 is 0 Å². The van der Waals surface area contributed by atoms with Crippen LogP contribution in [0.5, 0.6) is 0 Å². The number of piperidine rings is 1. The summed E-state index contributed by atoms with van der Waals surface area (Å²) in [5.41, 5.74) is 13.5. The summed E-state index contributed by atoms with van der Waals surface area (Å²) < 4.78 is 0. The topological polar surface area (TPSA) is 72.3 Å². The van der Waals surface area contributed by atoms with Crippen LogP contribution in [-0.4, -0.2) is 22.9 Å². The summed E-state index contributed by atoms with van der Waals surface area (Å²) in [6.07, 6.45) is 3.78. The molecule has 1 amide bonds. The van der Waals surface area contributed by atoms with E-state index in [1.807, 2.05) is 6.07 Å². The van der Waals surface area contributed by atoms with Crippen molar-refractivity contribution in [2.75, 3.05) is 5.73 Å². The molecule has 1 aliphatic heterocycles. The van der Waals surface area contributed by atoms with Crippen LogP contribution in [0.2, 0.25) is 0 Å². The van der Waals surface area contributed by atoms with Crippen molar-refractivity contribution in [3.8, 4) is 0 Å². The molecule has 1 saturated heterocycles. The average Bonchev–Trinajstić information content (AvgIpc) is 2.35. The van der Waals surface area contributed by atoms with Crippen LogP contribution in [0.25, 0.3) is 0 Å². The predicted molar refractivity (Wildman–Crippen MR) is 77.7 cm³/mol. The molecular formula is C15H23N3O. The monoisotopic (exact) mass is 261 g/mol. The number of carbonyl (C=O) groups excluding carboxylic acids is 1. The third-order valence-electron chi connectivity index (χ3n) is 4.16. The highest BCUT2D eigenvalue weighted by atomic mass is 16.1. The van der Waals surface area contributed by atoms with E-state index in [1.54, 1.807) is 12.1 Å². The third-order valence-corrected chi connectivity index (χ3v) is 4.16. The Bertz CT molecular complexity index is 462. The van der Waals surface area contributed by atoms with E-state index in [2.05, 4.69) is 18.7 Å². The van der Waals surface area contributed by atoms with Crippen molar-refractivity contribution >= 4 is 11.6 Å². The standard InChI is InChI=1S/C15H23N3O/c1-10-4-3-5-11(2)18(10)9-13-7-6-12(15(17)19)8-14(13)16/h6-8,10-11H,3-5,9,16H2,1-2H3,(H2,17,19). The van der Waals surface area contributed by atoms with E-state index in [9.17, 15) is 4.79 Å². The van der Waals surface area contributed by atoms with Crippen molar-refractivity contribution in [1.29, 1.82) is 0 Å². The molecule has 2 rings (SSSR count). The fourth-order valence-corrected chi connectivity index (χ4v) is 2.88. The van der Waals surface area contributed by atoms with E-state index in [0.717, 1.165) is 12.1 Å². The van der Waals surface area contributed by atoms with Crippen molar-refractivity contribution in [2.45, 2.75) is 51.7 Å². The lowest BCUT2D eigenvalue weighted by molar-refractivity contribution is 0.0954. The molecule has 4 nitrogen and oxygen atoms in total. The molecule has 0 bridgehead atoms. The average molecular weight is 261 g/mol. The van der Waals surface area contributed by atoms with Gasteiger partial charge in [0.2, 0.25) is 5.91 Å². The summed E-state index contributed by atoms with van der Waals surface area (Å²) >= 11 is 0. The molecule has 19 heavy (non-hydrogen) atoms. The Morgan fingerprint density at radius 3 is 2.47 bits per heavy atom. The molecule has 0 aliphatic carbocycles. The summed E-state index contributed by atoms with van der Waals surface area (Å²) in [5, 5.41) is 0. The highest BCUT2D eigenvalue weighted by Gasteiger charge is 2.25. The van der Waals surface area contributed by atoms with Gasteiger partial charge in [0.05, 0.1) is 0 Å². The Balaban J connectivity index is 2.16. The highest BCUT2D eigenvalue weighted by Crippen LogP contribution is 2.26. The molecule has 0 aromatic heterocycles. The first kappa shape index (κ1) is 13.9. The van der Waals surface area contributed by atoms with Crippen LogP contribution < -0.4 is 11.5 Å². The van der Waals surface area contributed by atoms with Gasteiger partial charge >= 0.3 is 0 Å². The van der Waals surface area contributed by atoms with Gasteiger partial charge in [-0.1, -0.05) is 12.5 Å². The van der Waals surface area contributed by atoms with Crippen LogP contribution in [0.1, 0.15) is 49.0 Å². The maximum absolute atomic E-state index is 11.1. The van der Waals surface area contributed by atoms with Crippen LogP contribution in [-0.2, 0) is 6.54 Å². The number of nitrogens with two attached hydrogens (primary N) is 2. The second-order valence-corrected chi connectivity index (χ2v) is 5.58. The number of likely N-dealkylation sites (tertiary alicyclic amines) is 1. The molecule has 0 spiro atoms. The number of primary amides is 1. The van der Waals surface area contributed by atoms with E-state index < -0.39 is 5.91 Å². The lowest BCUT2D eigenvalue weighted by atomic mass is 9.96. The second kappa shape index (κ2) is 5.61. The summed E-state index contributed by atoms with van der Waals surface area (Å²) in [6.45, 7) is 5.38. The molecule has 4 N–H and O–H groups in total. The zero-order chi connectivity index (χ0) is 14.0. The minimum atomic E-state index is -0.432. The molecule has 1 aromatic carbocycles. The number of carbonyl (C=O) groups is 1. The molecule has 104 valence electrons. The molecule has 1 aliphatic rings. The lowest BCUT2D eigenvalue weighted by Gasteiger charge is -2.39. The Morgan fingerprint density at radius 1 is 1.32 bits per heavy atom. The van der Waals surface area contributed by atoms with E-state index in [1.165, 1.54) is 19.3 Å². The van der Waals surface area contributed by atoms with Crippen molar-refractivity contribution < 1.29 is 4.79 Å². The maximum Gasteiger partial charge on any atom is 0.248 e. The zero-order valence-electron chi connectivity index (χ0n) is 11.7. The lowest BCUT2D eigenvalue weighted by Crippen LogP contribution is -2.43. The Hall–Kier alpha value is -1.55. The molecule has 1 heterocycles. The SMILES string of the molecule is CC1CCCC(C)N1Cc1ccc(C(N)=O)cc1N. The van der Waals surface area contributed by atoms with Crippen LogP contribution in [0.4, 0.5) is 5.69 Å². The number of amides is 1. The van der Waals surface area contributed by atoms with Gasteiger partial charge in [0, 0.05) is 29.9 Å². The summed E-state index contributed by atoms with van der Waals surface area (Å²) in [7, 11) is 0. The van der Waals surface area contributed by atoms with E-state index >= 15 is 0 Å². The van der Waals surface area contributed by atoms with Gasteiger partial charge in [0.1, 0.15) is 0 Å². The van der Waals surface area contributed by atoms with Gasteiger partial charge in [-0.15, -0.1) is 0 Å². The minimum absolute atomic E-state index is 0.432. The first-order valence-electron chi connectivity index (χ1n) is 6.93. The smallest absolute Gasteiger partial charge is 0.248 e. The Labute approximate surface area is 114 Å². The summed E-state index contributed by atoms with van der Waals surface area (Å²) in [6, 6.07) is 6.52. The fourth-order valence-electron chi connectivity index (χ4n) is 2.88. The number of hydrogen-bond acceptors (Lipinski definition) is 3. The molecule has 0 radical (unpaired) electrons. The summed E-state index contributed by atoms with van der Waals surface area (Å²) in [4.78, 5) is 13.6. The number of anilines is 1. The quantitative estimate of drug-likeness (QED) is 0.819. The van der Waals surface area contributed by atoms with E-state index in [4.69, 9.17) is 11.5 Å². The molecule has 4 heteroatoms. The first-order valence-corrected chi connectivity index (χ1v) is 6.93. The number of rotatable bonds is 3. The largest absolute Gasteiger partial charge is 0.398 e. The van der Waals surface area contributed by atoms with E-state index in [-0.39, 0.29) is 0 Å². The van der Waals surface area contributed by atoms with Gasteiger partial charge in [0.15, 0.2) is 0 Å². The highest BCUT2D eigenvalue weighted by molar-refractivity contribution is 5.93. The normalized spacial score (nSPS) is 24.3. The van der Waals surface area contributed by atoms with Gasteiger partial charge in [0.25, 0.3) is 0 Å². The third kappa shape index (κ3) is 3.07. The van der Waals surface area contributed by atoms with Gasteiger partial charge in [-0.3, -0.25) is 9.69 Å². The van der Waals surface area contributed by atoms with Gasteiger partial charge in [-0.2, -0.15) is 0 Å². The van der Waals surface area contributed by atoms with Crippen molar-refractivity contribution in [1.82, 2.24) is 4.90 Å². The molecule has 1 aromatic rings. The van der Waals surface area contributed by atoms with E-state index in [0.29, 0.717) is 23.3 Å². The van der Waals surface area contributed by atoms with Crippen LogP contribution in [0.15, 0.2) is 18.2 Å². The van der Waals surface area contributed by atoms with Crippen LogP contribution in [0.3, 0.4) is 0 Å². The zero-order valence-corrected chi connectivity index (χ0v) is 11.7. The first-order chi connectivity index (χ1) is 8.99. The molecule has 1 fully saturated rings. The number of hydrogen-bond donors (Lipinski definition) is 2. The minimum Gasteiger partial charge on any atom is -0.398 e. The van der Waals surface area contributed by atoms with Gasteiger partial charge in [-0.05, 0) is 44.4 Å². The molecule has 2 unspecified atom stereocenters. The Kier molecular flexibility index (Phi) is 4.10. The van der Waals surface area contributed by atoms with Gasteiger partial charge in [-0.25, -0.2) is 0 Å². The number of nitrogens with zero attached hydrogens (tertiary/aromatic N) is 1. The molecule has 2 atom stereocenters. The molecular weight excluding hydrogens is 238 g/mol. The molecule has 0 saturated carbocycles. The second-order valence-electron chi connectivity index (χ2n) is 5.58. The number of nitrogen functional groups attached to an aromatic ring is 1. The predicted octanol–water partition coefficient (Wildman–Crippen LogP) is 2.13. The van der Waals surface area contributed by atoms with Crippen LogP contribution in [0, 0.1) is 0 Å². The fraction of sp³-hybridized carbons (Fsp3) is 0.533. The summed E-state index contributed by atoms with van der Waals surface area (Å²) in [5.74, 6) is -0.432. The van der Waals surface area contributed by atoms with Crippen molar-refractivity contribution in [2.24, 2.45) is 5.73 Å². The van der Waals surface area contributed by atoms with Crippen molar-refractivity contribution in [3.05, 3.63) is 29.3 Å². The maximum atomic E-state index is 11.1. The Morgan fingerprint density at radius 2 is 1.95 bits per heavy atom. The van der Waals surface area contributed by atoms with Gasteiger partial charge < -0.3 is 11.5 Å². The van der Waals surface area contributed by atoms with Crippen molar-refractivity contribution in [3.63, 3.8) is 0 Å².